The normalized spacial score (nSPS) is 9.93. The molecule has 0 atom stereocenters. The lowest BCUT2D eigenvalue weighted by Crippen LogP contribution is -2.14. The van der Waals surface area contributed by atoms with E-state index in [0.29, 0.717) is 35.0 Å². The van der Waals surface area contributed by atoms with Crippen molar-refractivity contribution in [3.05, 3.63) is 78.1 Å². The smallest absolute Gasteiger partial charge is 0.274 e. The summed E-state index contributed by atoms with van der Waals surface area (Å²) in [5, 5.41) is 15.1. The van der Waals surface area contributed by atoms with Gasteiger partial charge in [0.2, 0.25) is 0 Å². The van der Waals surface area contributed by atoms with Gasteiger partial charge in [0.1, 0.15) is 17.5 Å². The Morgan fingerprint density at radius 2 is 1.81 bits per heavy atom. The number of ether oxygens (including phenoxy) is 1. The molecule has 0 fully saturated rings. The van der Waals surface area contributed by atoms with E-state index in [1.807, 2.05) is 31.2 Å². The van der Waals surface area contributed by atoms with Gasteiger partial charge >= 0.3 is 0 Å². The van der Waals surface area contributed by atoms with Crippen molar-refractivity contribution in [1.29, 1.82) is 5.26 Å². The predicted molar refractivity (Wildman–Crippen MR) is 104 cm³/mol. The first-order chi connectivity index (χ1) is 13.2. The van der Waals surface area contributed by atoms with E-state index < -0.39 is 0 Å². The highest BCUT2D eigenvalue weighted by Gasteiger charge is 2.11. The lowest BCUT2D eigenvalue weighted by molar-refractivity contribution is 0.102. The fraction of sp³-hybridized carbons (Fsp3) is 0.0952. The van der Waals surface area contributed by atoms with E-state index in [1.165, 1.54) is 0 Å². The summed E-state index contributed by atoms with van der Waals surface area (Å²) >= 11 is 0. The molecule has 0 unspecified atom stereocenters. The molecule has 0 aliphatic carbocycles. The lowest BCUT2D eigenvalue weighted by atomic mass is 10.2. The monoisotopic (exact) mass is 358 g/mol. The maximum Gasteiger partial charge on any atom is 0.274 e. The first kappa shape index (κ1) is 18.0. The minimum Gasteiger partial charge on any atom is -0.492 e. The van der Waals surface area contributed by atoms with Crippen LogP contribution in [0.1, 0.15) is 23.0 Å². The Labute approximate surface area is 157 Å². The van der Waals surface area contributed by atoms with Crippen molar-refractivity contribution in [2.24, 2.45) is 0 Å². The summed E-state index contributed by atoms with van der Waals surface area (Å²) < 4.78 is 5.51. The molecule has 2 aromatic carbocycles. The summed E-state index contributed by atoms with van der Waals surface area (Å²) in [5.74, 6) is 0.283. The van der Waals surface area contributed by atoms with E-state index >= 15 is 0 Å². The number of nitrogens with one attached hydrogen (secondary N) is 2. The van der Waals surface area contributed by atoms with Gasteiger partial charge in [-0.25, -0.2) is 4.98 Å². The molecule has 0 aliphatic heterocycles. The van der Waals surface area contributed by atoms with Crippen LogP contribution in [0.3, 0.4) is 0 Å². The molecule has 27 heavy (non-hydrogen) atoms. The molecule has 2 N–H and O–H groups in total. The quantitative estimate of drug-likeness (QED) is 0.684. The Bertz CT molecular complexity index is 978. The van der Waals surface area contributed by atoms with Gasteiger partial charge in [0.25, 0.3) is 5.91 Å². The first-order valence-electron chi connectivity index (χ1n) is 8.46. The van der Waals surface area contributed by atoms with Crippen molar-refractivity contribution < 1.29 is 9.53 Å². The molecular formula is C21H18N4O2. The second kappa shape index (κ2) is 8.50. The lowest BCUT2D eigenvalue weighted by Gasteiger charge is -2.11. The molecule has 0 radical (unpaired) electrons. The number of amides is 1. The van der Waals surface area contributed by atoms with Crippen LogP contribution in [0.2, 0.25) is 0 Å². The van der Waals surface area contributed by atoms with Crippen LogP contribution in [0.15, 0.2) is 66.9 Å². The molecule has 6 heteroatoms. The number of para-hydroxylation sites is 3. The van der Waals surface area contributed by atoms with Crippen molar-refractivity contribution in [2.45, 2.75) is 6.92 Å². The second-order valence-corrected chi connectivity index (χ2v) is 5.60. The number of nitriles is 1. The van der Waals surface area contributed by atoms with Gasteiger partial charge in [0.15, 0.2) is 0 Å². The number of hydrogen-bond donors (Lipinski definition) is 2. The van der Waals surface area contributed by atoms with Crippen molar-refractivity contribution in [3.8, 4) is 11.8 Å². The van der Waals surface area contributed by atoms with Crippen LogP contribution < -0.4 is 15.4 Å². The molecule has 0 aliphatic rings. The molecule has 3 rings (SSSR count). The summed E-state index contributed by atoms with van der Waals surface area (Å²) in [5.41, 5.74) is 2.78. The molecule has 3 aromatic rings. The van der Waals surface area contributed by atoms with Gasteiger partial charge < -0.3 is 15.4 Å². The summed E-state index contributed by atoms with van der Waals surface area (Å²) in [6.07, 6.45) is 1.55. The number of hydrogen-bond acceptors (Lipinski definition) is 5. The van der Waals surface area contributed by atoms with Crippen molar-refractivity contribution >= 4 is 23.0 Å². The Kier molecular flexibility index (Phi) is 5.65. The third-order valence-corrected chi connectivity index (χ3v) is 3.76. The summed E-state index contributed by atoms with van der Waals surface area (Å²) in [4.78, 5) is 16.7. The highest BCUT2D eigenvalue weighted by Crippen LogP contribution is 2.24. The van der Waals surface area contributed by atoms with Crippen LogP contribution in [0, 0.1) is 11.3 Å². The van der Waals surface area contributed by atoms with Crippen molar-refractivity contribution in [3.63, 3.8) is 0 Å². The van der Waals surface area contributed by atoms with Crippen LogP contribution >= 0.6 is 0 Å². The van der Waals surface area contributed by atoms with E-state index in [2.05, 4.69) is 21.7 Å². The Hall–Kier alpha value is -3.85. The van der Waals surface area contributed by atoms with E-state index in [9.17, 15) is 4.79 Å². The maximum atomic E-state index is 12.4. The third kappa shape index (κ3) is 4.41. The Morgan fingerprint density at radius 3 is 2.52 bits per heavy atom. The average Bonchev–Trinajstić information content (AvgIpc) is 2.70. The van der Waals surface area contributed by atoms with Crippen LogP contribution in [-0.2, 0) is 0 Å². The number of rotatable bonds is 6. The molecule has 134 valence electrons. The summed E-state index contributed by atoms with van der Waals surface area (Å²) in [6, 6.07) is 19.9. The molecule has 0 spiro atoms. The zero-order chi connectivity index (χ0) is 19.1. The molecule has 1 aromatic heterocycles. The summed E-state index contributed by atoms with van der Waals surface area (Å²) in [6.45, 7) is 2.39. The van der Waals surface area contributed by atoms with Gasteiger partial charge in [0.05, 0.1) is 35.4 Å². The topological polar surface area (TPSA) is 87.0 Å². The molecule has 0 saturated carbocycles. The molecule has 1 amide bonds. The SMILES string of the molecule is CCOc1ccccc1NC(=O)c1ccc(Nc2ccccc2C#N)cn1. The van der Waals surface area contributed by atoms with Crippen LogP contribution in [-0.4, -0.2) is 17.5 Å². The van der Waals surface area contributed by atoms with Gasteiger partial charge in [-0.1, -0.05) is 24.3 Å². The molecule has 1 heterocycles. The number of carbonyl (C=O) groups excluding carboxylic acids is 1. The van der Waals surface area contributed by atoms with Gasteiger partial charge in [-0.05, 0) is 43.3 Å². The third-order valence-electron chi connectivity index (χ3n) is 3.76. The van der Waals surface area contributed by atoms with E-state index in [4.69, 9.17) is 10.00 Å². The van der Waals surface area contributed by atoms with Crippen molar-refractivity contribution in [1.82, 2.24) is 4.98 Å². The first-order valence-corrected chi connectivity index (χ1v) is 8.46. The van der Waals surface area contributed by atoms with Crippen LogP contribution in [0.4, 0.5) is 17.1 Å². The number of benzene rings is 2. The molecule has 0 bridgehead atoms. The zero-order valence-corrected chi connectivity index (χ0v) is 14.8. The highest BCUT2D eigenvalue weighted by molar-refractivity contribution is 6.03. The standard InChI is InChI=1S/C21H18N4O2/c1-2-27-20-10-6-5-9-18(20)25-21(26)19-12-11-16(14-23-19)24-17-8-4-3-7-15(17)13-22/h3-12,14,24H,2H2,1H3,(H,25,26). The number of nitrogens with zero attached hydrogens (tertiary/aromatic N) is 2. The fourth-order valence-corrected chi connectivity index (χ4v) is 2.48. The summed E-state index contributed by atoms with van der Waals surface area (Å²) in [7, 11) is 0. The van der Waals surface area contributed by atoms with E-state index in [1.54, 1.807) is 42.6 Å². The van der Waals surface area contributed by atoms with Crippen LogP contribution in [0.25, 0.3) is 0 Å². The van der Waals surface area contributed by atoms with E-state index in [0.717, 1.165) is 0 Å². The Morgan fingerprint density at radius 1 is 1.07 bits per heavy atom. The Balaban J connectivity index is 1.72. The largest absolute Gasteiger partial charge is 0.492 e. The number of pyridine rings is 1. The zero-order valence-electron chi connectivity index (χ0n) is 14.8. The minimum absolute atomic E-state index is 0.278. The van der Waals surface area contributed by atoms with Gasteiger partial charge in [-0.15, -0.1) is 0 Å². The van der Waals surface area contributed by atoms with Crippen LogP contribution in [0.5, 0.6) is 5.75 Å². The highest BCUT2D eigenvalue weighted by atomic mass is 16.5. The molecular weight excluding hydrogens is 340 g/mol. The number of carbonyl (C=O) groups is 1. The van der Waals surface area contributed by atoms with Gasteiger partial charge in [-0.3, -0.25) is 4.79 Å². The number of anilines is 3. The van der Waals surface area contributed by atoms with Crippen molar-refractivity contribution in [2.75, 3.05) is 17.2 Å². The fourth-order valence-electron chi connectivity index (χ4n) is 2.48. The molecule has 0 saturated heterocycles. The maximum absolute atomic E-state index is 12.4. The van der Waals surface area contributed by atoms with Gasteiger partial charge in [0, 0.05) is 0 Å². The predicted octanol–water partition coefficient (Wildman–Crippen LogP) is 4.35. The van der Waals surface area contributed by atoms with E-state index in [-0.39, 0.29) is 11.6 Å². The minimum atomic E-state index is -0.328. The molecule has 6 nitrogen and oxygen atoms in total. The van der Waals surface area contributed by atoms with Gasteiger partial charge in [-0.2, -0.15) is 5.26 Å². The average molecular weight is 358 g/mol. The second-order valence-electron chi connectivity index (χ2n) is 5.60. The number of aromatic nitrogens is 1.